The van der Waals surface area contributed by atoms with Crippen LogP contribution in [-0.4, -0.2) is 34.9 Å². The van der Waals surface area contributed by atoms with Crippen LogP contribution in [0.3, 0.4) is 0 Å². The number of hydrogen-bond donors (Lipinski definition) is 0. The number of benzene rings is 10. The van der Waals surface area contributed by atoms with E-state index in [9.17, 15) is 0 Å². The Morgan fingerprint density at radius 3 is 0.875 bits per heavy atom. The van der Waals surface area contributed by atoms with Crippen LogP contribution in [0.5, 0.6) is 0 Å². The molecule has 13 aromatic rings. The lowest BCUT2D eigenvalue weighted by molar-refractivity contribution is 1.01. The summed E-state index contributed by atoms with van der Waals surface area (Å²) in [6, 6.07) is 97.6. The van der Waals surface area contributed by atoms with Crippen molar-refractivity contribution in [2.45, 2.75) is 0 Å². The third-order valence-corrected chi connectivity index (χ3v) is 14.3. The van der Waals surface area contributed by atoms with Crippen molar-refractivity contribution in [2.75, 3.05) is 9.80 Å². The largest absolute Gasteiger partial charge is 0.306 e. The minimum absolute atomic E-state index is 0.487. The first-order valence-electron chi connectivity index (χ1n) is 26.6. The quantitative estimate of drug-likeness (QED) is 0.125. The van der Waals surface area contributed by atoms with Gasteiger partial charge in [-0.2, -0.15) is 9.97 Å². The van der Waals surface area contributed by atoms with E-state index < -0.39 is 0 Å². The van der Waals surface area contributed by atoms with E-state index >= 15 is 0 Å². The lowest BCUT2D eigenvalue weighted by Gasteiger charge is -2.40. The van der Waals surface area contributed by atoms with Gasteiger partial charge in [0.15, 0.2) is 23.3 Å². The van der Waals surface area contributed by atoms with Gasteiger partial charge in [0.05, 0.1) is 51.2 Å². The van der Waals surface area contributed by atoms with Crippen LogP contribution in [-0.2, 0) is 0 Å². The maximum absolute atomic E-state index is 5.57. The molecular formula is C71H47N9. The first-order chi connectivity index (χ1) is 39.7. The van der Waals surface area contributed by atoms with E-state index in [2.05, 4.69) is 161 Å². The number of para-hydroxylation sites is 4. The number of nitrogens with zero attached hydrogens (tertiary/aromatic N) is 9. The molecule has 0 radical (unpaired) electrons. The Morgan fingerprint density at radius 1 is 0.188 bits per heavy atom. The van der Waals surface area contributed by atoms with Gasteiger partial charge >= 0.3 is 0 Å². The van der Waals surface area contributed by atoms with Crippen molar-refractivity contribution >= 4 is 34.4 Å². The Morgan fingerprint density at radius 2 is 0.487 bits per heavy atom. The molecule has 0 N–H and O–H groups in total. The summed E-state index contributed by atoms with van der Waals surface area (Å²) in [5.41, 5.74) is 16.8. The average molecular weight is 1030 g/mol. The molecule has 9 heteroatoms. The van der Waals surface area contributed by atoms with Crippen LogP contribution < -0.4 is 9.80 Å². The standard InChI is InChI=1S/C71H47N9/c1-8-26-48(27-9-1)55-45-66(79-62-40-22-24-42-64(62)80(65-43-25-23-41-63(65)79)71-77-69(53-36-18-6-19-37-53)76-70(78-71)54-38-20-7-21-39-54)57(61-47-59(50-30-12-3-13-31-50)73-68(75-61)52-34-16-5-17-35-52)44-56(55)60-46-58(49-28-10-2-11-29-49)72-67(74-60)51-32-14-4-15-33-51/h1-47H. The molecule has 9 nitrogen and oxygen atoms in total. The first kappa shape index (κ1) is 47.4. The zero-order chi connectivity index (χ0) is 53.2. The van der Waals surface area contributed by atoms with Gasteiger partial charge in [-0.3, -0.25) is 4.90 Å². The molecule has 3 aromatic heterocycles. The Balaban J connectivity index is 1.07. The molecule has 0 aliphatic carbocycles. The average Bonchev–Trinajstić information content (AvgIpc) is 3.69. The van der Waals surface area contributed by atoms with Crippen molar-refractivity contribution in [3.8, 4) is 102 Å². The van der Waals surface area contributed by atoms with E-state index in [0.717, 1.165) is 107 Å². The molecule has 0 amide bonds. The summed E-state index contributed by atoms with van der Waals surface area (Å²) in [4.78, 5) is 41.8. The smallest absolute Gasteiger partial charge is 0.238 e. The summed E-state index contributed by atoms with van der Waals surface area (Å²) in [7, 11) is 0. The second-order valence-electron chi connectivity index (χ2n) is 19.3. The van der Waals surface area contributed by atoms with E-state index in [4.69, 9.17) is 34.9 Å². The van der Waals surface area contributed by atoms with E-state index in [-0.39, 0.29) is 0 Å². The van der Waals surface area contributed by atoms with E-state index in [1.807, 2.05) is 133 Å². The van der Waals surface area contributed by atoms with Gasteiger partial charge in [-0.15, -0.1) is 0 Å². The lowest BCUT2D eigenvalue weighted by Crippen LogP contribution is -2.26. The molecule has 14 rings (SSSR count). The predicted octanol–water partition coefficient (Wildman–Crippen LogP) is 17.7. The fourth-order valence-corrected chi connectivity index (χ4v) is 10.5. The second-order valence-corrected chi connectivity index (χ2v) is 19.3. The van der Waals surface area contributed by atoms with Gasteiger partial charge < -0.3 is 4.90 Å². The summed E-state index contributed by atoms with van der Waals surface area (Å²) < 4.78 is 0. The fourth-order valence-electron chi connectivity index (χ4n) is 10.5. The molecule has 0 atom stereocenters. The zero-order valence-electron chi connectivity index (χ0n) is 43.2. The van der Waals surface area contributed by atoms with Crippen LogP contribution in [0.15, 0.2) is 285 Å². The minimum Gasteiger partial charge on any atom is -0.306 e. The van der Waals surface area contributed by atoms with Gasteiger partial charge in [-0.1, -0.05) is 237 Å². The van der Waals surface area contributed by atoms with E-state index in [1.54, 1.807) is 0 Å². The van der Waals surface area contributed by atoms with Crippen molar-refractivity contribution in [1.29, 1.82) is 0 Å². The summed E-state index contributed by atoms with van der Waals surface area (Å²) in [5, 5.41) is 0. The second kappa shape index (κ2) is 20.8. The molecule has 376 valence electrons. The maximum atomic E-state index is 5.57. The van der Waals surface area contributed by atoms with Crippen LogP contribution >= 0.6 is 0 Å². The molecule has 1 aliphatic rings. The number of rotatable bonds is 11. The Kier molecular flexibility index (Phi) is 12.3. The fraction of sp³-hybridized carbons (Fsp3) is 0. The number of fused-ring (bicyclic) bond motifs is 2. The minimum atomic E-state index is 0.487. The molecule has 0 fully saturated rings. The number of anilines is 6. The highest BCUT2D eigenvalue weighted by Gasteiger charge is 2.35. The molecular weight excluding hydrogens is 979 g/mol. The molecule has 1 aliphatic heterocycles. The number of aromatic nitrogens is 7. The molecule has 10 aromatic carbocycles. The predicted molar refractivity (Wildman–Crippen MR) is 323 cm³/mol. The van der Waals surface area contributed by atoms with Gasteiger partial charge in [0, 0.05) is 44.5 Å². The molecule has 0 saturated carbocycles. The van der Waals surface area contributed by atoms with Gasteiger partial charge in [-0.25, -0.2) is 24.9 Å². The monoisotopic (exact) mass is 1030 g/mol. The summed E-state index contributed by atoms with van der Waals surface area (Å²) >= 11 is 0. The van der Waals surface area contributed by atoms with Crippen molar-refractivity contribution in [2.24, 2.45) is 0 Å². The highest BCUT2D eigenvalue weighted by Crippen LogP contribution is 2.56. The van der Waals surface area contributed by atoms with Gasteiger partial charge in [-0.05, 0) is 59.7 Å². The van der Waals surface area contributed by atoms with Crippen LogP contribution in [0.1, 0.15) is 0 Å². The summed E-state index contributed by atoms with van der Waals surface area (Å²) in [5.74, 6) is 2.85. The molecule has 4 heterocycles. The van der Waals surface area contributed by atoms with Crippen molar-refractivity contribution in [3.63, 3.8) is 0 Å². The highest BCUT2D eigenvalue weighted by atomic mass is 15.3. The normalized spacial score (nSPS) is 11.7. The zero-order valence-corrected chi connectivity index (χ0v) is 43.2. The molecule has 0 bridgehead atoms. The molecule has 80 heavy (non-hydrogen) atoms. The van der Waals surface area contributed by atoms with Gasteiger partial charge in [0.2, 0.25) is 5.95 Å². The SMILES string of the molecule is c1ccc(-c2cc(-c3cc(-c4cc(-c5ccccc5)nc(-c5ccccc5)n4)c(N4c5ccccc5N(c5nc(-c6ccccc6)nc(-c6ccccc6)n5)c5ccccc54)cc3-c3ccccc3)nc(-c3ccccc3)n2)cc1. The van der Waals surface area contributed by atoms with Crippen LogP contribution in [0.4, 0.5) is 34.4 Å². The third-order valence-electron chi connectivity index (χ3n) is 14.3. The first-order valence-corrected chi connectivity index (χ1v) is 26.6. The molecule has 0 spiro atoms. The van der Waals surface area contributed by atoms with E-state index in [1.165, 1.54) is 0 Å². The Labute approximate surface area is 463 Å². The van der Waals surface area contributed by atoms with Crippen molar-refractivity contribution in [1.82, 2.24) is 34.9 Å². The molecule has 0 saturated heterocycles. The lowest BCUT2D eigenvalue weighted by atomic mass is 9.91. The van der Waals surface area contributed by atoms with Gasteiger partial charge in [0.25, 0.3) is 0 Å². The summed E-state index contributed by atoms with van der Waals surface area (Å²) in [6.07, 6.45) is 0. The molecule has 0 unspecified atom stereocenters. The summed E-state index contributed by atoms with van der Waals surface area (Å²) in [6.45, 7) is 0. The van der Waals surface area contributed by atoms with Gasteiger partial charge in [0.1, 0.15) is 0 Å². The third kappa shape index (κ3) is 9.10. The van der Waals surface area contributed by atoms with Crippen molar-refractivity contribution in [3.05, 3.63) is 285 Å². The van der Waals surface area contributed by atoms with E-state index in [0.29, 0.717) is 29.2 Å². The highest BCUT2D eigenvalue weighted by molar-refractivity contribution is 6.05. The van der Waals surface area contributed by atoms with Crippen LogP contribution in [0.25, 0.3) is 102 Å². The topological polar surface area (TPSA) is 96.7 Å². The van der Waals surface area contributed by atoms with Crippen LogP contribution in [0.2, 0.25) is 0 Å². The Hall–Kier alpha value is -11.0. The number of hydrogen-bond acceptors (Lipinski definition) is 9. The maximum Gasteiger partial charge on any atom is 0.238 e. The van der Waals surface area contributed by atoms with Crippen molar-refractivity contribution < 1.29 is 0 Å². The van der Waals surface area contributed by atoms with Crippen LogP contribution in [0, 0.1) is 0 Å². The Bertz CT molecular complexity index is 4120.